The number of likely N-dealkylation sites (tertiary alicyclic amines) is 2. The molecule has 1 unspecified atom stereocenters. The molecule has 1 aromatic carbocycles. The van der Waals surface area contributed by atoms with Crippen LogP contribution in [0.3, 0.4) is 0 Å². The molecule has 216 valence electrons. The predicted octanol–water partition coefficient (Wildman–Crippen LogP) is 5.67. The quantitative estimate of drug-likeness (QED) is 0.492. The summed E-state index contributed by atoms with van der Waals surface area (Å²) in [6.07, 6.45) is 9.65. The maximum Gasteiger partial charge on any atom is 0.410 e. The minimum absolute atomic E-state index is 0.152. The largest absolute Gasteiger partial charge is 0.444 e. The van der Waals surface area contributed by atoms with Crippen molar-refractivity contribution in [2.24, 2.45) is 10.4 Å². The molecule has 4 aliphatic rings. The van der Waals surface area contributed by atoms with Gasteiger partial charge in [-0.15, -0.1) is 0 Å². The average molecular weight is 577 g/mol. The first kappa shape index (κ1) is 27.7. The first-order valence-electron chi connectivity index (χ1n) is 14.5. The van der Waals surface area contributed by atoms with Gasteiger partial charge in [0, 0.05) is 31.4 Å². The van der Waals surface area contributed by atoms with Crippen LogP contribution in [0.15, 0.2) is 47.2 Å². The maximum absolute atomic E-state index is 13.7. The van der Waals surface area contributed by atoms with Crippen LogP contribution in [0.1, 0.15) is 64.4 Å². The van der Waals surface area contributed by atoms with Crippen LogP contribution >= 0.6 is 11.6 Å². The summed E-state index contributed by atoms with van der Waals surface area (Å²) in [5.41, 5.74) is 2.76. The summed E-state index contributed by atoms with van der Waals surface area (Å²) in [6.45, 7) is 7.84. The Bertz CT molecular complexity index is 1400. The van der Waals surface area contributed by atoms with E-state index in [0.717, 1.165) is 17.7 Å². The molecule has 1 aromatic heterocycles. The smallest absolute Gasteiger partial charge is 0.410 e. The lowest BCUT2D eigenvalue weighted by molar-refractivity contribution is -0.139. The molecule has 9 nitrogen and oxygen atoms in total. The van der Waals surface area contributed by atoms with Crippen LogP contribution in [-0.2, 0) is 9.53 Å². The van der Waals surface area contributed by atoms with E-state index < -0.39 is 11.0 Å². The molecule has 10 heteroatoms. The lowest BCUT2D eigenvalue weighted by Crippen LogP contribution is -2.49. The van der Waals surface area contributed by atoms with Gasteiger partial charge in [0.15, 0.2) is 0 Å². The van der Waals surface area contributed by atoms with E-state index in [4.69, 9.17) is 21.3 Å². The molecule has 1 atom stereocenters. The van der Waals surface area contributed by atoms with Crippen molar-refractivity contribution in [1.82, 2.24) is 19.8 Å². The number of nitrogens with zero attached hydrogens (tertiary/aromatic N) is 5. The summed E-state index contributed by atoms with van der Waals surface area (Å²) in [6, 6.07) is 8.25. The van der Waals surface area contributed by atoms with E-state index in [1.807, 2.05) is 37.8 Å². The molecule has 1 N–H and O–H groups in total. The van der Waals surface area contributed by atoms with Crippen LogP contribution in [0.4, 0.5) is 10.7 Å². The van der Waals surface area contributed by atoms with Crippen molar-refractivity contribution < 1.29 is 14.3 Å². The van der Waals surface area contributed by atoms with Crippen LogP contribution in [-0.4, -0.2) is 75.8 Å². The summed E-state index contributed by atoms with van der Waals surface area (Å²) in [5.74, 6) is 1.22. The number of hydrogen-bond donors (Lipinski definition) is 1. The number of benzene rings is 1. The van der Waals surface area contributed by atoms with E-state index >= 15 is 0 Å². The van der Waals surface area contributed by atoms with Crippen molar-refractivity contribution in [3.8, 4) is 11.3 Å². The van der Waals surface area contributed by atoms with Gasteiger partial charge in [-0.1, -0.05) is 29.8 Å². The van der Waals surface area contributed by atoms with E-state index in [1.54, 1.807) is 17.3 Å². The molecular weight excluding hydrogens is 540 g/mol. The number of carbonyl (C=O) groups is 2. The van der Waals surface area contributed by atoms with Gasteiger partial charge >= 0.3 is 6.09 Å². The summed E-state index contributed by atoms with van der Waals surface area (Å²) in [5, 5.41) is 3.78. The fourth-order valence-electron chi connectivity index (χ4n) is 6.01. The second-order valence-corrected chi connectivity index (χ2v) is 13.0. The third kappa shape index (κ3) is 5.96. The lowest BCUT2D eigenvalue weighted by atomic mass is 9.77. The molecular formula is C31H37ClN6O3. The van der Waals surface area contributed by atoms with Gasteiger partial charge < -0.3 is 19.9 Å². The van der Waals surface area contributed by atoms with Gasteiger partial charge in [0.05, 0.1) is 40.6 Å². The van der Waals surface area contributed by atoms with Gasteiger partial charge in [-0.3, -0.25) is 9.79 Å². The molecule has 6 rings (SSSR count). The first-order valence-corrected chi connectivity index (χ1v) is 14.9. The molecule has 2 amide bonds. The first-order chi connectivity index (χ1) is 19.6. The minimum atomic E-state index is -0.536. The highest BCUT2D eigenvalue weighted by molar-refractivity contribution is 6.32. The Morgan fingerprint density at radius 1 is 1.15 bits per heavy atom. The number of allylic oxidation sites excluding steroid dienone is 1. The minimum Gasteiger partial charge on any atom is -0.444 e. The summed E-state index contributed by atoms with van der Waals surface area (Å²) >= 11 is 6.51. The zero-order valence-corrected chi connectivity index (χ0v) is 24.7. The second-order valence-electron chi connectivity index (χ2n) is 12.6. The number of dihydropyridines is 1. The van der Waals surface area contributed by atoms with Crippen LogP contribution < -0.4 is 5.32 Å². The van der Waals surface area contributed by atoms with Crippen molar-refractivity contribution >= 4 is 35.8 Å². The SMILES string of the molecule is CC(C)(C)OC(=O)N1CCC2(CC1)CCN(C1C=C(Nc3ncc(Cl)c(-c4cccc(C5CC5)c4)n3)C=NC1)C2=O. The third-order valence-electron chi connectivity index (χ3n) is 8.42. The van der Waals surface area contributed by atoms with Gasteiger partial charge in [0.25, 0.3) is 0 Å². The zero-order chi connectivity index (χ0) is 28.8. The average Bonchev–Trinajstić information content (AvgIpc) is 3.75. The molecule has 1 aliphatic carbocycles. The van der Waals surface area contributed by atoms with Gasteiger partial charge in [-0.25, -0.2) is 14.8 Å². The number of rotatable bonds is 5. The van der Waals surface area contributed by atoms with Gasteiger partial charge in [-0.2, -0.15) is 0 Å². The van der Waals surface area contributed by atoms with Crippen LogP contribution in [0.5, 0.6) is 0 Å². The summed E-state index contributed by atoms with van der Waals surface area (Å²) in [4.78, 5) is 43.6. The number of carbonyl (C=O) groups excluding carboxylic acids is 2. The summed E-state index contributed by atoms with van der Waals surface area (Å²) < 4.78 is 5.53. The fraction of sp³-hybridized carbons (Fsp3) is 0.516. The Labute approximate surface area is 246 Å². The maximum atomic E-state index is 13.7. The van der Waals surface area contributed by atoms with Gasteiger partial charge in [0.2, 0.25) is 11.9 Å². The third-order valence-corrected chi connectivity index (χ3v) is 8.70. The van der Waals surface area contributed by atoms with Crippen LogP contribution in [0.2, 0.25) is 5.02 Å². The molecule has 1 saturated carbocycles. The number of aromatic nitrogens is 2. The van der Waals surface area contributed by atoms with E-state index in [1.165, 1.54) is 18.4 Å². The van der Waals surface area contributed by atoms with Crippen LogP contribution in [0.25, 0.3) is 11.3 Å². The van der Waals surface area contributed by atoms with Gasteiger partial charge in [-0.05, 0) is 76.5 Å². The molecule has 0 radical (unpaired) electrons. The van der Waals surface area contributed by atoms with Crippen LogP contribution in [0, 0.1) is 5.41 Å². The Balaban J connectivity index is 1.12. The van der Waals surface area contributed by atoms with E-state index in [9.17, 15) is 9.59 Å². The monoisotopic (exact) mass is 576 g/mol. The molecule has 1 spiro atoms. The number of piperidine rings is 1. The predicted molar refractivity (Wildman–Crippen MR) is 159 cm³/mol. The topological polar surface area (TPSA) is 100 Å². The standard InChI is InChI=1S/C31H37ClN6O3/c1-30(2,3)41-29(40)37-12-9-31(10-13-37)11-14-38(27(31)39)24-16-23(17-33-18-24)35-28-34-19-25(32)26(36-28)22-6-4-5-21(15-22)20-7-8-20/h4-6,15-17,19-20,24H,7-14,18H2,1-3H3,(H,34,35,36). The van der Waals surface area contributed by atoms with E-state index in [2.05, 4.69) is 33.5 Å². The molecule has 41 heavy (non-hydrogen) atoms. The molecule has 2 aromatic rings. The Hall–Kier alpha value is -3.46. The number of ether oxygens (including phenoxy) is 1. The zero-order valence-electron chi connectivity index (χ0n) is 23.9. The Morgan fingerprint density at radius 3 is 2.63 bits per heavy atom. The van der Waals surface area contributed by atoms with Crippen molar-refractivity contribution in [3.63, 3.8) is 0 Å². The summed E-state index contributed by atoms with van der Waals surface area (Å²) in [7, 11) is 0. The van der Waals surface area contributed by atoms with Gasteiger partial charge in [0.1, 0.15) is 5.60 Å². The highest BCUT2D eigenvalue weighted by Crippen LogP contribution is 2.43. The number of amides is 2. The van der Waals surface area contributed by atoms with Crippen molar-refractivity contribution in [2.75, 3.05) is 31.5 Å². The molecule has 0 bridgehead atoms. The van der Waals surface area contributed by atoms with Crippen molar-refractivity contribution in [2.45, 2.75) is 70.4 Å². The van der Waals surface area contributed by atoms with E-state index in [0.29, 0.717) is 61.6 Å². The number of halogens is 1. The highest BCUT2D eigenvalue weighted by atomic mass is 35.5. The normalized spacial score (nSPS) is 22.2. The number of anilines is 1. The van der Waals surface area contributed by atoms with Crippen molar-refractivity contribution in [1.29, 1.82) is 0 Å². The second kappa shape index (κ2) is 10.7. The highest BCUT2D eigenvalue weighted by Gasteiger charge is 2.50. The van der Waals surface area contributed by atoms with Crippen molar-refractivity contribution in [3.05, 3.63) is 52.8 Å². The number of hydrogen-bond acceptors (Lipinski definition) is 7. The Kier molecular flexibility index (Phi) is 7.26. The van der Waals surface area contributed by atoms with E-state index in [-0.39, 0.29) is 18.0 Å². The molecule has 3 aliphatic heterocycles. The fourth-order valence-corrected chi connectivity index (χ4v) is 6.21. The Morgan fingerprint density at radius 2 is 1.90 bits per heavy atom. The number of nitrogens with one attached hydrogen (secondary N) is 1. The molecule has 4 heterocycles. The number of aliphatic imine (C=N–C) groups is 1. The molecule has 2 saturated heterocycles. The lowest BCUT2D eigenvalue weighted by Gasteiger charge is -2.39. The molecule has 3 fully saturated rings.